The van der Waals surface area contributed by atoms with Crippen molar-refractivity contribution in [2.45, 2.75) is 13.8 Å². The molecule has 1 fully saturated rings. The molecule has 0 radical (unpaired) electrons. The van der Waals surface area contributed by atoms with Crippen molar-refractivity contribution in [1.29, 1.82) is 0 Å². The highest BCUT2D eigenvalue weighted by Gasteiger charge is 2.30. The predicted octanol–water partition coefficient (Wildman–Crippen LogP) is 4.38. The van der Waals surface area contributed by atoms with Crippen LogP contribution in [-0.4, -0.2) is 28.1 Å². The fourth-order valence-corrected chi connectivity index (χ4v) is 3.50. The number of nitrogens with zero attached hydrogens (tertiary/aromatic N) is 2. The molecule has 0 unspecified atom stereocenters. The Balaban J connectivity index is 1.95. The summed E-state index contributed by atoms with van der Waals surface area (Å²) >= 11 is 1.20. The minimum absolute atomic E-state index is 0.191. The number of amidine groups is 1. The van der Waals surface area contributed by atoms with Gasteiger partial charge >= 0.3 is 0 Å². The highest BCUT2D eigenvalue weighted by atomic mass is 32.2. The molecule has 0 atom stereocenters. The second kappa shape index (κ2) is 6.72. The molecule has 4 nitrogen and oxygen atoms in total. The summed E-state index contributed by atoms with van der Waals surface area (Å²) in [5.74, 6) is -0.367. The Bertz CT molecular complexity index is 898. The van der Waals surface area contributed by atoms with Crippen molar-refractivity contribution < 1.29 is 14.3 Å². The molecule has 1 heterocycles. The molecule has 1 aliphatic heterocycles. The maximum atomic E-state index is 13.8. The molecule has 2 aromatic carbocycles. The number of carbonyl (C=O) groups excluding carboxylic acids is 1. The van der Waals surface area contributed by atoms with E-state index in [2.05, 4.69) is 4.99 Å². The lowest BCUT2D eigenvalue weighted by Crippen LogP contribution is -2.23. The molecule has 0 bridgehead atoms. The third kappa shape index (κ3) is 3.44. The average molecular weight is 356 g/mol. The number of carbonyl (C=O) groups is 1. The summed E-state index contributed by atoms with van der Waals surface area (Å²) in [4.78, 5) is 18.6. The van der Waals surface area contributed by atoms with E-state index in [0.717, 1.165) is 16.7 Å². The number of phenols is 1. The summed E-state index contributed by atoms with van der Waals surface area (Å²) in [5, 5.41) is 10.3. The van der Waals surface area contributed by atoms with Gasteiger partial charge in [-0.05, 0) is 72.6 Å². The SMILES string of the molecule is Cc1cc(/C=C2/SC(=Nc3ccccc3F)N(C)C2=O)cc(C)c1O. The van der Waals surface area contributed by atoms with Crippen LogP contribution in [0.5, 0.6) is 5.75 Å². The lowest BCUT2D eigenvalue weighted by Gasteiger charge is -2.07. The fourth-order valence-electron chi connectivity index (χ4n) is 2.52. The van der Waals surface area contributed by atoms with E-state index in [1.165, 1.54) is 22.7 Å². The number of thioether (sulfide) groups is 1. The number of rotatable bonds is 2. The number of phenolic OH excluding ortho intramolecular Hbond substituents is 1. The molecule has 2 aromatic rings. The molecule has 3 rings (SSSR count). The fraction of sp³-hybridized carbons (Fsp3) is 0.158. The van der Waals surface area contributed by atoms with E-state index in [0.29, 0.717) is 10.1 Å². The minimum Gasteiger partial charge on any atom is -0.507 e. The lowest BCUT2D eigenvalue weighted by molar-refractivity contribution is -0.121. The summed E-state index contributed by atoms with van der Waals surface area (Å²) in [6.07, 6.45) is 1.76. The Labute approximate surface area is 149 Å². The van der Waals surface area contributed by atoms with Crippen LogP contribution in [0.1, 0.15) is 16.7 Å². The molecule has 0 saturated carbocycles. The number of aliphatic imine (C=N–C) groups is 1. The van der Waals surface area contributed by atoms with Gasteiger partial charge in [0.2, 0.25) is 0 Å². The molecule has 0 aliphatic carbocycles. The molecular weight excluding hydrogens is 339 g/mol. The van der Waals surface area contributed by atoms with Crippen molar-refractivity contribution in [3.8, 4) is 5.75 Å². The van der Waals surface area contributed by atoms with E-state index < -0.39 is 5.82 Å². The van der Waals surface area contributed by atoms with Gasteiger partial charge in [-0.2, -0.15) is 0 Å². The molecule has 6 heteroatoms. The zero-order valence-corrected chi connectivity index (χ0v) is 14.9. The first kappa shape index (κ1) is 17.2. The van der Waals surface area contributed by atoms with E-state index in [4.69, 9.17) is 0 Å². The number of benzene rings is 2. The Morgan fingerprint density at radius 1 is 1.20 bits per heavy atom. The van der Waals surface area contributed by atoms with Crippen molar-refractivity contribution in [1.82, 2.24) is 4.90 Å². The van der Waals surface area contributed by atoms with Gasteiger partial charge in [-0.15, -0.1) is 0 Å². The summed E-state index contributed by atoms with van der Waals surface area (Å²) in [6.45, 7) is 3.62. The van der Waals surface area contributed by atoms with Crippen LogP contribution in [0.15, 0.2) is 46.3 Å². The smallest absolute Gasteiger partial charge is 0.266 e. The number of para-hydroxylation sites is 1. The van der Waals surface area contributed by atoms with Gasteiger partial charge < -0.3 is 5.11 Å². The van der Waals surface area contributed by atoms with Crippen molar-refractivity contribution in [3.05, 3.63) is 63.8 Å². The molecule has 25 heavy (non-hydrogen) atoms. The average Bonchev–Trinajstić information content (AvgIpc) is 2.83. The van der Waals surface area contributed by atoms with Gasteiger partial charge in [0.15, 0.2) is 5.17 Å². The Morgan fingerprint density at radius 3 is 2.48 bits per heavy atom. The first-order chi connectivity index (χ1) is 11.9. The third-order valence-electron chi connectivity index (χ3n) is 3.88. The maximum absolute atomic E-state index is 13.8. The largest absolute Gasteiger partial charge is 0.507 e. The van der Waals surface area contributed by atoms with Crippen LogP contribution >= 0.6 is 11.8 Å². The number of amides is 1. The van der Waals surface area contributed by atoms with Crippen LogP contribution in [0.25, 0.3) is 6.08 Å². The van der Waals surface area contributed by atoms with Crippen LogP contribution in [0.3, 0.4) is 0 Å². The van der Waals surface area contributed by atoms with Crippen LogP contribution in [-0.2, 0) is 4.79 Å². The Kier molecular flexibility index (Phi) is 4.63. The van der Waals surface area contributed by atoms with E-state index >= 15 is 0 Å². The van der Waals surface area contributed by atoms with Crippen LogP contribution < -0.4 is 0 Å². The van der Waals surface area contributed by atoms with Gasteiger partial charge in [-0.1, -0.05) is 12.1 Å². The van der Waals surface area contributed by atoms with Gasteiger partial charge in [0.05, 0.1) is 4.91 Å². The van der Waals surface area contributed by atoms with Crippen molar-refractivity contribution in [2.24, 2.45) is 4.99 Å². The molecule has 0 spiro atoms. The van der Waals surface area contributed by atoms with Gasteiger partial charge in [-0.3, -0.25) is 9.69 Å². The highest BCUT2D eigenvalue weighted by Crippen LogP contribution is 2.34. The standard InChI is InChI=1S/C19H17FN2O2S/c1-11-8-13(9-12(2)17(11)23)10-16-18(24)22(3)19(25-16)21-15-7-5-4-6-14(15)20/h4-10,23H,1-3H3/b16-10+,21-19?. The summed E-state index contributed by atoms with van der Waals surface area (Å²) < 4.78 is 13.8. The number of hydrogen-bond acceptors (Lipinski definition) is 4. The number of likely N-dealkylation sites (N-methyl/N-ethyl adjacent to an activating group) is 1. The second-order valence-corrected chi connectivity index (χ2v) is 6.83. The molecule has 0 aromatic heterocycles. The zero-order valence-electron chi connectivity index (χ0n) is 14.1. The minimum atomic E-state index is -0.432. The zero-order chi connectivity index (χ0) is 18.1. The quantitative estimate of drug-likeness (QED) is 0.813. The van der Waals surface area contributed by atoms with Gasteiger partial charge in [0.1, 0.15) is 17.3 Å². The maximum Gasteiger partial charge on any atom is 0.266 e. The van der Waals surface area contributed by atoms with Gasteiger partial charge in [0, 0.05) is 7.05 Å². The van der Waals surface area contributed by atoms with Crippen molar-refractivity contribution in [2.75, 3.05) is 7.05 Å². The summed E-state index contributed by atoms with van der Waals surface area (Å²) in [6, 6.07) is 9.82. The van der Waals surface area contributed by atoms with E-state index in [-0.39, 0.29) is 17.3 Å². The highest BCUT2D eigenvalue weighted by molar-refractivity contribution is 8.18. The lowest BCUT2D eigenvalue weighted by atomic mass is 10.1. The molecule has 1 aliphatic rings. The van der Waals surface area contributed by atoms with E-state index in [9.17, 15) is 14.3 Å². The van der Waals surface area contributed by atoms with E-state index in [1.54, 1.807) is 31.3 Å². The number of aromatic hydroxyl groups is 1. The van der Waals surface area contributed by atoms with Gasteiger partial charge in [-0.25, -0.2) is 9.38 Å². The van der Waals surface area contributed by atoms with Crippen LogP contribution in [0.2, 0.25) is 0 Å². The summed E-state index contributed by atoms with van der Waals surface area (Å²) in [5.41, 5.74) is 2.51. The second-order valence-electron chi connectivity index (χ2n) is 5.82. The first-order valence-electron chi connectivity index (χ1n) is 7.68. The number of aryl methyl sites for hydroxylation is 2. The molecule has 1 N–H and O–H groups in total. The van der Waals surface area contributed by atoms with E-state index in [1.807, 2.05) is 26.0 Å². The molecular formula is C19H17FN2O2S. The normalized spacial score (nSPS) is 17.8. The van der Waals surface area contributed by atoms with Crippen molar-refractivity contribution >= 4 is 34.6 Å². The first-order valence-corrected chi connectivity index (χ1v) is 8.49. The van der Waals surface area contributed by atoms with Crippen LogP contribution in [0.4, 0.5) is 10.1 Å². The third-order valence-corrected chi connectivity index (χ3v) is 4.94. The summed E-state index contributed by atoms with van der Waals surface area (Å²) in [7, 11) is 1.61. The van der Waals surface area contributed by atoms with Crippen LogP contribution in [0, 0.1) is 19.7 Å². The topological polar surface area (TPSA) is 52.9 Å². The monoisotopic (exact) mass is 356 g/mol. The number of halogens is 1. The molecule has 128 valence electrons. The Morgan fingerprint density at radius 2 is 1.84 bits per heavy atom. The number of hydrogen-bond donors (Lipinski definition) is 1. The molecule has 1 saturated heterocycles. The van der Waals surface area contributed by atoms with Gasteiger partial charge in [0.25, 0.3) is 5.91 Å². The predicted molar refractivity (Wildman–Crippen MR) is 99.4 cm³/mol. The Hall–Kier alpha value is -2.60. The molecule has 1 amide bonds. The van der Waals surface area contributed by atoms with Crippen molar-refractivity contribution in [3.63, 3.8) is 0 Å².